The van der Waals surface area contributed by atoms with Crippen LogP contribution in [0.15, 0.2) is 0 Å². The zero-order chi connectivity index (χ0) is 3.58. The summed E-state index contributed by atoms with van der Waals surface area (Å²) in [6.07, 6.45) is 0. The first-order chi connectivity index (χ1) is 1.73. The van der Waals surface area contributed by atoms with E-state index in [-0.39, 0.29) is 68.5 Å². The Labute approximate surface area is 88.8 Å². The Morgan fingerprint density at radius 2 is 0.727 bits per heavy atom. The molecule has 0 aromatic heterocycles. The van der Waals surface area contributed by atoms with Crippen LogP contribution in [0.1, 0.15) is 0 Å². The molecule has 0 amide bonds. The van der Waals surface area contributed by atoms with Crippen molar-refractivity contribution < 1.29 is 73.5 Å². The summed E-state index contributed by atoms with van der Waals surface area (Å²) in [5.74, 6) is 0. The standard InChI is InChI=1S/La.NO3.6H2O/c;2-1(3)4;;;;;;/h;;6*1H2/q+3;-1;;;;;;. The molecule has 0 spiro atoms. The molecule has 0 rings (SSSR count). The second kappa shape index (κ2) is 85.5. The summed E-state index contributed by atoms with van der Waals surface area (Å²) in [5.41, 5.74) is 0. The van der Waals surface area contributed by atoms with Crippen LogP contribution in [0, 0.1) is 50.9 Å². The van der Waals surface area contributed by atoms with E-state index in [2.05, 4.69) is 0 Å². The molecule has 0 saturated heterocycles. The first kappa shape index (κ1) is 116. The van der Waals surface area contributed by atoms with Gasteiger partial charge in [-0.05, 0) is 0 Å². The summed E-state index contributed by atoms with van der Waals surface area (Å²) in [5, 5.41) is 14.8. The molecule has 0 aliphatic heterocycles. The van der Waals surface area contributed by atoms with Crippen molar-refractivity contribution in [3.63, 3.8) is 0 Å². The minimum absolute atomic E-state index is 0. The summed E-state index contributed by atoms with van der Waals surface area (Å²) in [6, 6.07) is 0. The third kappa shape index (κ3) is 28200. The zero-order valence-electron chi connectivity index (χ0n) is 5.25. The number of nitrogens with zero attached hydrogens (tertiary/aromatic N) is 1. The molecular weight excluding hydrogens is 297 g/mol. The summed E-state index contributed by atoms with van der Waals surface area (Å²) in [7, 11) is 0. The molecule has 0 unspecified atom stereocenters. The van der Waals surface area contributed by atoms with E-state index < -0.39 is 5.09 Å². The summed E-state index contributed by atoms with van der Waals surface area (Å²) in [6.45, 7) is 0. The van der Waals surface area contributed by atoms with Crippen molar-refractivity contribution in [2.45, 2.75) is 0 Å². The minimum atomic E-state index is -1.75. The average molecular weight is 309 g/mol. The first-order valence-corrected chi connectivity index (χ1v) is 0.548. The van der Waals surface area contributed by atoms with Crippen LogP contribution in [0.3, 0.4) is 0 Å². The van der Waals surface area contributed by atoms with E-state index in [0.717, 1.165) is 0 Å². The molecule has 0 atom stereocenters. The molecule has 0 heterocycles. The Balaban J connectivity index is -0.00000000214. The van der Waals surface area contributed by atoms with Crippen molar-refractivity contribution in [1.29, 1.82) is 0 Å². The van der Waals surface area contributed by atoms with Crippen LogP contribution in [0.4, 0.5) is 0 Å². The van der Waals surface area contributed by atoms with E-state index in [4.69, 9.17) is 15.3 Å². The molecule has 0 aliphatic rings. The maximum absolute atomic E-state index is 8.25. The Morgan fingerprint density at radius 3 is 0.727 bits per heavy atom. The van der Waals surface area contributed by atoms with Gasteiger partial charge in [-0.15, -0.1) is 0 Å². The topological polar surface area (TPSA) is 255 Å². The van der Waals surface area contributed by atoms with Gasteiger partial charge in [0.15, 0.2) is 0 Å². The Kier molecular flexibility index (Phi) is 898. The molecule has 0 bridgehead atoms. The molecule has 11 heteroatoms. The largest absolute Gasteiger partial charge is 3.00 e. The quantitative estimate of drug-likeness (QED) is 0.314. The van der Waals surface area contributed by atoms with E-state index in [9.17, 15) is 0 Å². The van der Waals surface area contributed by atoms with Gasteiger partial charge in [0, 0.05) is 0 Å². The summed E-state index contributed by atoms with van der Waals surface area (Å²) >= 11 is 0. The third-order valence-electron chi connectivity index (χ3n) is 0. The smallest absolute Gasteiger partial charge is 0.412 e. The number of hydrogen-bond acceptors (Lipinski definition) is 3. The molecule has 0 aliphatic carbocycles. The molecule has 12 N–H and O–H groups in total. The van der Waals surface area contributed by atoms with Gasteiger partial charge in [-0.3, -0.25) is 0 Å². The number of rotatable bonds is 0. The summed E-state index contributed by atoms with van der Waals surface area (Å²) in [4.78, 5) is 8.25. The second-order valence-corrected chi connectivity index (χ2v) is 0.224. The second-order valence-electron chi connectivity index (χ2n) is 0.224. The SMILES string of the molecule is O.O.O.O.O.O.O=[N+]([O-])[O-].[La+3]. The molecular formula is H12LaNO9+2. The van der Waals surface area contributed by atoms with Crippen LogP contribution < -0.4 is 0 Å². The minimum Gasteiger partial charge on any atom is -0.412 e. The van der Waals surface area contributed by atoms with Crippen LogP contribution in [0.2, 0.25) is 0 Å². The van der Waals surface area contributed by atoms with Crippen molar-refractivity contribution in [2.75, 3.05) is 0 Å². The van der Waals surface area contributed by atoms with E-state index >= 15 is 0 Å². The van der Waals surface area contributed by atoms with Gasteiger partial charge in [-0.1, -0.05) is 0 Å². The van der Waals surface area contributed by atoms with Crippen molar-refractivity contribution in [3.8, 4) is 0 Å². The average Bonchev–Trinajstić information content (AvgIpc) is 0.811. The van der Waals surface area contributed by atoms with Crippen molar-refractivity contribution in [2.24, 2.45) is 0 Å². The fourth-order valence-corrected chi connectivity index (χ4v) is 0. The van der Waals surface area contributed by atoms with Crippen LogP contribution >= 0.6 is 0 Å². The van der Waals surface area contributed by atoms with Gasteiger partial charge in [0.05, 0.1) is 5.09 Å². The van der Waals surface area contributed by atoms with Crippen LogP contribution in [-0.2, 0) is 0 Å². The third-order valence-corrected chi connectivity index (χ3v) is 0. The van der Waals surface area contributed by atoms with E-state index in [1.807, 2.05) is 0 Å². The predicted molar refractivity (Wildman–Crippen MR) is 32.0 cm³/mol. The van der Waals surface area contributed by atoms with Gasteiger partial charge in [0.2, 0.25) is 0 Å². The van der Waals surface area contributed by atoms with Crippen molar-refractivity contribution in [1.82, 2.24) is 0 Å². The van der Waals surface area contributed by atoms with Gasteiger partial charge in [0.25, 0.3) is 0 Å². The Morgan fingerprint density at radius 1 is 0.727 bits per heavy atom. The molecule has 0 saturated carbocycles. The van der Waals surface area contributed by atoms with Gasteiger partial charge >= 0.3 is 35.6 Å². The molecule has 0 radical (unpaired) electrons. The molecule has 10 nitrogen and oxygen atoms in total. The van der Waals surface area contributed by atoms with Gasteiger partial charge in [-0.25, -0.2) is 0 Å². The molecule has 11 heavy (non-hydrogen) atoms. The monoisotopic (exact) mass is 309 g/mol. The molecule has 0 aromatic rings. The van der Waals surface area contributed by atoms with Crippen molar-refractivity contribution in [3.05, 3.63) is 15.3 Å². The Hall–Kier alpha value is 0.155. The van der Waals surface area contributed by atoms with Gasteiger partial charge in [0.1, 0.15) is 0 Å². The van der Waals surface area contributed by atoms with E-state index in [0.29, 0.717) is 0 Å². The predicted octanol–water partition coefficient (Wildman–Crippen LogP) is -5.19. The zero-order valence-corrected chi connectivity index (χ0v) is 8.88. The molecule has 72 valence electrons. The van der Waals surface area contributed by atoms with Crippen LogP contribution in [0.25, 0.3) is 0 Å². The van der Waals surface area contributed by atoms with E-state index in [1.54, 1.807) is 0 Å². The van der Waals surface area contributed by atoms with Crippen molar-refractivity contribution >= 4 is 0 Å². The fraction of sp³-hybridized carbons (Fsp3) is 0. The van der Waals surface area contributed by atoms with Crippen LogP contribution in [-0.4, -0.2) is 37.9 Å². The van der Waals surface area contributed by atoms with E-state index in [1.165, 1.54) is 0 Å². The summed E-state index contributed by atoms with van der Waals surface area (Å²) < 4.78 is 0. The molecule has 0 aromatic carbocycles. The maximum Gasteiger partial charge on any atom is 3.00 e. The molecule has 0 fully saturated rings. The number of hydrogen-bond donors (Lipinski definition) is 0. The first-order valence-electron chi connectivity index (χ1n) is 0.548. The normalized spacial score (nSPS) is 2.18. The fourth-order valence-electron chi connectivity index (χ4n) is 0. The van der Waals surface area contributed by atoms with Gasteiger partial charge in [-0.2, -0.15) is 0 Å². The Bertz CT molecular complexity index is 32.5. The van der Waals surface area contributed by atoms with Gasteiger partial charge < -0.3 is 48.2 Å². The maximum atomic E-state index is 8.25. The van der Waals surface area contributed by atoms with Crippen LogP contribution in [0.5, 0.6) is 0 Å².